The molecule has 1 aromatic heterocycles. The maximum absolute atomic E-state index is 14.4. The third kappa shape index (κ3) is 4.43. The first-order valence-corrected chi connectivity index (χ1v) is 9.97. The van der Waals surface area contributed by atoms with Gasteiger partial charge < -0.3 is 20.1 Å². The summed E-state index contributed by atoms with van der Waals surface area (Å²) in [6, 6.07) is 16.9. The third-order valence-electron chi connectivity index (χ3n) is 5.59. The molecule has 5 rings (SSSR count). The number of ether oxygens (including phenoxy) is 2. The molecule has 6 nitrogen and oxygen atoms in total. The molecule has 0 unspecified atom stereocenters. The topological polar surface area (TPSA) is 98.7 Å². The molecule has 3 aromatic carbocycles. The summed E-state index contributed by atoms with van der Waals surface area (Å²) < 4.78 is 26.1. The summed E-state index contributed by atoms with van der Waals surface area (Å²) >= 11 is 0. The van der Waals surface area contributed by atoms with E-state index in [1.54, 1.807) is 49.8 Å². The molecule has 0 radical (unpaired) electrons. The first kappa shape index (κ1) is 25.4. The number of benzene rings is 3. The summed E-state index contributed by atoms with van der Waals surface area (Å²) in [4.78, 5) is 16.2. The largest absolute Gasteiger partial charge is 1.00 e. The SMILES string of the molecule is COc1cc2c(cc1-c1cccnc1)COc1cc(-c3ccccc3F)c(C(=O)O)cc1-2.[Na+].[OH-]. The van der Waals surface area contributed by atoms with Crippen LogP contribution in [0.2, 0.25) is 0 Å². The van der Waals surface area contributed by atoms with Crippen molar-refractivity contribution in [1.82, 2.24) is 4.98 Å². The maximum atomic E-state index is 14.4. The number of nitrogens with zero attached hydrogens (tertiary/aromatic N) is 1. The number of rotatable bonds is 4. The van der Waals surface area contributed by atoms with Gasteiger partial charge in [0.05, 0.1) is 12.7 Å². The van der Waals surface area contributed by atoms with Gasteiger partial charge in [0.2, 0.25) is 0 Å². The van der Waals surface area contributed by atoms with Crippen LogP contribution in [0.15, 0.2) is 73.1 Å². The number of hydrogen-bond acceptors (Lipinski definition) is 5. The smallest absolute Gasteiger partial charge is 0.870 e. The molecule has 0 atom stereocenters. The second-order valence-electron chi connectivity index (χ2n) is 7.42. The van der Waals surface area contributed by atoms with Crippen molar-refractivity contribution in [3.05, 3.63) is 90.0 Å². The summed E-state index contributed by atoms with van der Waals surface area (Å²) in [5.74, 6) is -0.498. The van der Waals surface area contributed by atoms with E-state index in [1.165, 1.54) is 6.07 Å². The van der Waals surface area contributed by atoms with E-state index in [0.29, 0.717) is 23.7 Å². The molecule has 0 spiro atoms. The monoisotopic (exact) mass is 467 g/mol. The first-order chi connectivity index (χ1) is 15.6. The van der Waals surface area contributed by atoms with Crippen molar-refractivity contribution < 1.29 is 58.8 Å². The number of hydrogen-bond donors (Lipinski definition) is 1. The number of pyridine rings is 1. The van der Waals surface area contributed by atoms with Gasteiger partial charge >= 0.3 is 35.5 Å². The van der Waals surface area contributed by atoms with Crippen molar-refractivity contribution in [2.75, 3.05) is 7.11 Å². The Labute approximate surface area is 217 Å². The molecule has 2 heterocycles. The number of aromatic carboxylic acids is 1. The van der Waals surface area contributed by atoms with Crippen molar-refractivity contribution in [1.29, 1.82) is 0 Å². The fourth-order valence-electron chi connectivity index (χ4n) is 4.06. The fraction of sp³-hybridized carbons (Fsp3) is 0.0769. The molecule has 1 aliphatic rings. The average molecular weight is 467 g/mol. The second kappa shape index (κ2) is 10.4. The Balaban J connectivity index is 0.00000162. The molecule has 8 heteroatoms. The van der Waals surface area contributed by atoms with E-state index in [2.05, 4.69) is 4.98 Å². The zero-order valence-corrected chi connectivity index (χ0v) is 20.6. The molecule has 2 N–H and O–H groups in total. The molecule has 166 valence electrons. The van der Waals surface area contributed by atoms with Crippen LogP contribution in [0.5, 0.6) is 11.5 Å². The Morgan fingerprint density at radius 3 is 2.47 bits per heavy atom. The van der Waals surface area contributed by atoms with Gasteiger partial charge in [-0.25, -0.2) is 9.18 Å². The van der Waals surface area contributed by atoms with Gasteiger partial charge in [0, 0.05) is 40.2 Å². The number of halogens is 1. The number of carbonyl (C=O) groups is 1. The van der Waals surface area contributed by atoms with Gasteiger partial charge in [0.15, 0.2) is 0 Å². The molecule has 4 aromatic rings. The van der Waals surface area contributed by atoms with Crippen LogP contribution in [0.3, 0.4) is 0 Å². The van der Waals surface area contributed by atoms with Crippen LogP contribution < -0.4 is 39.0 Å². The molecule has 34 heavy (non-hydrogen) atoms. The van der Waals surface area contributed by atoms with Crippen molar-refractivity contribution in [2.24, 2.45) is 0 Å². The van der Waals surface area contributed by atoms with E-state index < -0.39 is 11.8 Å². The summed E-state index contributed by atoms with van der Waals surface area (Å²) in [6.45, 7) is 0.294. The van der Waals surface area contributed by atoms with Crippen LogP contribution in [0, 0.1) is 5.82 Å². The van der Waals surface area contributed by atoms with E-state index in [1.807, 2.05) is 24.3 Å². The van der Waals surface area contributed by atoms with Crippen molar-refractivity contribution in [2.45, 2.75) is 6.61 Å². The zero-order chi connectivity index (χ0) is 22.2. The normalized spacial score (nSPS) is 11.1. The zero-order valence-electron chi connectivity index (χ0n) is 18.6. The standard InChI is InChI=1S/C26H18FNO4.Na.H2O/c1-31-24-11-18-16(9-19(24)15-5-4-8-28-13-15)14-32-25-12-20(17-6-2-3-7-23(17)27)22(26(29)30)10-21(18)25;;/h2-13H,14H2,1H3,(H,29,30);;1H2/q;+1;/p-1. The van der Waals surface area contributed by atoms with E-state index in [0.717, 1.165) is 22.3 Å². The summed E-state index contributed by atoms with van der Waals surface area (Å²) in [7, 11) is 1.59. The Morgan fingerprint density at radius 1 is 1.00 bits per heavy atom. The molecule has 0 saturated heterocycles. The van der Waals surface area contributed by atoms with E-state index in [-0.39, 0.29) is 51.7 Å². The molecule has 0 bridgehead atoms. The van der Waals surface area contributed by atoms with E-state index >= 15 is 0 Å². The summed E-state index contributed by atoms with van der Waals surface area (Å²) in [6.07, 6.45) is 3.46. The first-order valence-electron chi connectivity index (χ1n) is 9.97. The minimum absolute atomic E-state index is 0. The Kier molecular flexibility index (Phi) is 7.74. The predicted molar refractivity (Wildman–Crippen MR) is 120 cm³/mol. The molecule has 0 saturated carbocycles. The van der Waals surface area contributed by atoms with Crippen LogP contribution in [-0.2, 0) is 6.61 Å². The average Bonchev–Trinajstić information content (AvgIpc) is 2.83. The quantitative estimate of drug-likeness (QED) is 0.464. The number of aromatic nitrogens is 1. The van der Waals surface area contributed by atoms with Crippen LogP contribution in [0.4, 0.5) is 4.39 Å². The van der Waals surface area contributed by atoms with Crippen LogP contribution in [0.1, 0.15) is 15.9 Å². The van der Waals surface area contributed by atoms with Gasteiger partial charge in [0.1, 0.15) is 23.9 Å². The molecule has 0 fully saturated rings. The number of carboxylic acid groups (broad SMARTS) is 1. The number of methoxy groups -OCH3 is 1. The fourth-order valence-corrected chi connectivity index (χ4v) is 4.06. The summed E-state index contributed by atoms with van der Waals surface area (Å²) in [5.41, 5.74) is 4.60. The molecule has 1 aliphatic heterocycles. The Hall–Kier alpha value is -3.23. The Bertz CT molecular complexity index is 1360. The maximum Gasteiger partial charge on any atom is 1.00 e. The van der Waals surface area contributed by atoms with E-state index in [9.17, 15) is 14.3 Å². The van der Waals surface area contributed by atoms with Crippen molar-refractivity contribution in [3.8, 4) is 44.9 Å². The van der Waals surface area contributed by atoms with Crippen LogP contribution in [0.25, 0.3) is 33.4 Å². The van der Waals surface area contributed by atoms with Crippen LogP contribution >= 0.6 is 0 Å². The Morgan fingerprint density at radius 2 is 1.79 bits per heavy atom. The van der Waals surface area contributed by atoms with Gasteiger partial charge in [-0.05, 0) is 47.5 Å². The molecular weight excluding hydrogens is 448 g/mol. The minimum Gasteiger partial charge on any atom is -0.870 e. The van der Waals surface area contributed by atoms with Crippen molar-refractivity contribution in [3.63, 3.8) is 0 Å². The van der Waals surface area contributed by atoms with Gasteiger partial charge in [0.25, 0.3) is 0 Å². The third-order valence-corrected chi connectivity index (χ3v) is 5.59. The molecular formula is C26H19FNNaO5. The van der Waals surface area contributed by atoms with Gasteiger partial charge in [-0.3, -0.25) is 4.98 Å². The number of carboxylic acids is 1. The minimum atomic E-state index is -1.14. The summed E-state index contributed by atoms with van der Waals surface area (Å²) in [5, 5.41) is 9.87. The predicted octanol–water partition coefficient (Wildman–Crippen LogP) is 2.65. The van der Waals surface area contributed by atoms with Gasteiger partial charge in [-0.15, -0.1) is 0 Å². The van der Waals surface area contributed by atoms with Crippen LogP contribution in [-0.4, -0.2) is 28.6 Å². The second-order valence-corrected chi connectivity index (χ2v) is 7.42. The molecule has 0 amide bonds. The van der Waals surface area contributed by atoms with E-state index in [4.69, 9.17) is 9.47 Å². The molecule has 0 aliphatic carbocycles. The van der Waals surface area contributed by atoms with Crippen molar-refractivity contribution >= 4 is 5.97 Å². The van der Waals surface area contributed by atoms with Gasteiger partial charge in [-0.1, -0.05) is 24.3 Å². The van der Waals surface area contributed by atoms with Gasteiger partial charge in [-0.2, -0.15) is 0 Å². The number of fused-ring (bicyclic) bond motifs is 3.